The molecule has 0 saturated heterocycles. The summed E-state index contributed by atoms with van der Waals surface area (Å²) in [5.74, 6) is -0.0715. The number of benzene rings is 1. The SMILES string of the molecule is Cc1ccc(Cl)cc1-n1nc(-c2c(C)nc3scc(CC(=O)NC4CC4)n3c2=O)cc1C. The fourth-order valence-electron chi connectivity index (χ4n) is 3.85. The van der Waals surface area contributed by atoms with Gasteiger partial charge in [0.05, 0.1) is 23.4 Å². The molecule has 3 heterocycles. The van der Waals surface area contributed by atoms with E-state index in [1.54, 1.807) is 9.08 Å². The number of aromatic nitrogens is 4. The summed E-state index contributed by atoms with van der Waals surface area (Å²) >= 11 is 7.57. The molecule has 1 aliphatic carbocycles. The van der Waals surface area contributed by atoms with Crippen LogP contribution in [-0.2, 0) is 11.2 Å². The summed E-state index contributed by atoms with van der Waals surface area (Å²) in [6.45, 7) is 5.74. The zero-order valence-electron chi connectivity index (χ0n) is 18.0. The number of carbonyl (C=O) groups is 1. The number of fused-ring (bicyclic) bond motifs is 1. The van der Waals surface area contributed by atoms with Gasteiger partial charge < -0.3 is 5.32 Å². The molecule has 0 unspecified atom stereocenters. The van der Waals surface area contributed by atoms with Crippen LogP contribution >= 0.6 is 22.9 Å². The molecule has 9 heteroatoms. The molecule has 0 spiro atoms. The van der Waals surface area contributed by atoms with Crippen LogP contribution in [0.3, 0.4) is 0 Å². The highest BCUT2D eigenvalue weighted by Crippen LogP contribution is 2.26. The Balaban J connectivity index is 1.60. The number of nitrogens with zero attached hydrogens (tertiary/aromatic N) is 4. The molecule has 0 aliphatic heterocycles. The van der Waals surface area contributed by atoms with E-state index in [9.17, 15) is 9.59 Å². The number of halogens is 1. The highest BCUT2D eigenvalue weighted by molar-refractivity contribution is 7.15. The molecule has 7 nitrogen and oxygen atoms in total. The van der Waals surface area contributed by atoms with Gasteiger partial charge in [-0.05, 0) is 57.4 Å². The molecule has 0 atom stereocenters. The van der Waals surface area contributed by atoms with Crippen LogP contribution in [0.2, 0.25) is 5.02 Å². The Morgan fingerprint density at radius 1 is 1.25 bits per heavy atom. The fraction of sp³-hybridized carbons (Fsp3) is 0.304. The minimum absolute atomic E-state index is 0.0715. The van der Waals surface area contributed by atoms with E-state index in [2.05, 4.69) is 10.3 Å². The largest absolute Gasteiger partial charge is 0.353 e. The van der Waals surface area contributed by atoms with Gasteiger partial charge in [0.2, 0.25) is 5.91 Å². The maximum atomic E-state index is 13.6. The van der Waals surface area contributed by atoms with Gasteiger partial charge in [0.15, 0.2) is 4.96 Å². The molecular weight excluding hydrogens is 446 g/mol. The second-order valence-corrected chi connectivity index (χ2v) is 9.53. The van der Waals surface area contributed by atoms with E-state index in [0.29, 0.717) is 32.6 Å². The number of rotatable bonds is 5. The van der Waals surface area contributed by atoms with Gasteiger partial charge in [0.25, 0.3) is 5.56 Å². The van der Waals surface area contributed by atoms with Crippen LogP contribution in [-0.4, -0.2) is 31.1 Å². The summed E-state index contributed by atoms with van der Waals surface area (Å²) in [5, 5.41) is 10.2. The summed E-state index contributed by atoms with van der Waals surface area (Å²) in [7, 11) is 0. The maximum absolute atomic E-state index is 13.6. The first-order valence-corrected chi connectivity index (χ1v) is 11.7. The number of nitrogens with one attached hydrogen (secondary N) is 1. The Morgan fingerprint density at radius 2 is 2.03 bits per heavy atom. The Bertz CT molecular complexity index is 1430. The van der Waals surface area contributed by atoms with Crippen LogP contribution in [0, 0.1) is 20.8 Å². The standard InChI is InChI=1S/C23H22ClN5O2S/c1-12-4-5-15(24)9-19(12)29-13(2)8-18(27-29)21-14(3)25-23-28(22(21)31)17(11-32-23)10-20(30)26-16-6-7-16/h4-5,8-9,11,16H,6-7,10H2,1-3H3,(H,26,30). The van der Waals surface area contributed by atoms with Crippen molar-refractivity contribution in [1.29, 1.82) is 0 Å². The molecule has 0 bridgehead atoms. The van der Waals surface area contributed by atoms with E-state index in [4.69, 9.17) is 16.7 Å². The molecule has 0 radical (unpaired) electrons. The third-order valence-electron chi connectivity index (χ3n) is 5.65. The lowest BCUT2D eigenvalue weighted by atomic mass is 10.1. The molecule has 1 N–H and O–H groups in total. The summed E-state index contributed by atoms with van der Waals surface area (Å²) in [6.07, 6.45) is 2.19. The van der Waals surface area contributed by atoms with Gasteiger partial charge in [-0.2, -0.15) is 5.10 Å². The van der Waals surface area contributed by atoms with E-state index in [1.165, 1.54) is 11.3 Å². The van der Waals surface area contributed by atoms with E-state index in [0.717, 1.165) is 29.8 Å². The van der Waals surface area contributed by atoms with Gasteiger partial charge in [-0.25, -0.2) is 9.67 Å². The lowest BCUT2D eigenvalue weighted by Crippen LogP contribution is -2.29. The molecule has 32 heavy (non-hydrogen) atoms. The Hall–Kier alpha value is -2.97. The van der Waals surface area contributed by atoms with Gasteiger partial charge in [0, 0.05) is 27.8 Å². The summed E-state index contributed by atoms with van der Waals surface area (Å²) in [5.41, 5.74) is 4.79. The molecular formula is C23H22ClN5O2S. The predicted octanol–water partition coefficient (Wildman–Crippen LogP) is 4.01. The number of carbonyl (C=O) groups excluding carboxylic acids is 1. The fourth-order valence-corrected chi connectivity index (χ4v) is 4.94. The minimum Gasteiger partial charge on any atom is -0.353 e. The lowest BCUT2D eigenvalue weighted by molar-refractivity contribution is -0.120. The van der Waals surface area contributed by atoms with Crippen LogP contribution in [0.25, 0.3) is 21.9 Å². The smallest absolute Gasteiger partial charge is 0.268 e. The maximum Gasteiger partial charge on any atom is 0.268 e. The van der Waals surface area contributed by atoms with Crippen molar-refractivity contribution in [3.63, 3.8) is 0 Å². The first-order valence-electron chi connectivity index (χ1n) is 10.4. The van der Waals surface area contributed by atoms with Crippen molar-refractivity contribution in [1.82, 2.24) is 24.5 Å². The van der Waals surface area contributed by atoms with Crippen molar-refractivity contribution >= 4 is 33.8 Å². The third-order valence-corrected chi connectivity index (χ3v) is 6.76. The highest BCUT2D eigenvalue weighted by atomic mass is 35.5. The number of amides is 1. The van der Waals surface area contributed by atoms with Crippen LogP contribution in [0.15, 0.2) is 34.4 Å². The number of thiazole rings is 1. The van der Waals surface area contributed by atoms with Crippen molar-refractivity contribution in [3.05, 3.63) is 67.7 Å². The van der Waals surface area contributed by atoms with Gasteiger partial charge in [0.1, 0.15) is 5.69 Å². The Kier molecular flexibility index (Phi) is 5.14. The van der Waals surface area contributed by atoms with Crippen LogP contribution in [0.5, 0.6) is 0 Å². The van der Waals surface area contributed by atoms with E-state index < -0.39 is 0 Å². The highest BCUT2D eigenvalue weighted by Gasteiger charge is 2.25. The molecule has 1 amide bonds. The van der Waals surface area contributed by atoms with Crippen molar-refractivity contribution in [2.75, 3.05) is 0 Å². The van der Waals surface area contributed by atoms with Gasteiger partial charge in [-0.3, -0.25) is 14.0 Å². The first kappa shape index (κ1) is 20.9. The molecule has 3 aromatic heterocycles. The van der Waals surface area contributed by atoms with Crippen LogP contribution in [0.1, 0.15) is 35.5 Å². The van der Waals surface area contributed by atoms with Crippen LogP contribution in [0.4, 0.5) is 0 Å². The average Bonchev–Trinajstić information content (AvgIpc) is 3.33. The van der Waals surface area contributed by atoms with Crippen molar-refractivity contribution in [2.24, 2.45) is 0 Å². The molecule has 164 valence electrons. The summed E-state index contributed by atoms with van der Waals surface area (Å²) in [4.78, 5) is 31.1. The van der Waals surface area contributed by atoms with E-state index in [1.807, 2.05) is 50.4 Å². The monoisotopic (exact) mass is 467 g/mol. The summed E-state index contributed by atoms with van der Waals surface area (Å²) < 4.78 is 3.33. The first-order chi connectivity index (χ1) is 15.3. The van der Waals surface area contributed by atoms with E-state index >= 15 is 0 Å². The predicted molar refractivity (Wildman–Crippen MR) is 126 cm³/mol. The second-order valence-electron chi connectivity index (χ2n) is 8.25. The van der Waals surface area contributed by atoms with Gasteiger partial charge in [-0.15, -0.1) is 11.3 Å². The number of aryl methyl sites for hydroxylation is 3. The van der Waals surface area contributed by atoms with Gasteiger partial charge >= 0.3 is 0 Å². The summed E-state index contributed by atoms with van der Waals surface area (Å²) in [6, 6.07) is 7.80. The quantitative estimate of drug-likeness (QED) is 0.481. The molecule has 1 aromatic carbocycles. The molecule has 1 fully saturated rings. The van der Waals surface area contributed by atoms with Crippen molar-refractivity contribution in [2.45, 2.75) is 46.1 Å². The minimum atomic E-state index is -0.213. The Labute approximate surface area is 193 Å². The zero-order valence-corrected chi connectivity index (χ0v) is 19.5. The lowest BCUT2D eigenvalue weighted by Gasteiger charge is -2.09. The molecule has 5 rings (SSSR count). The van der Waals surface area contributed by atoms with Crippen LogP contribution < -0.4 is 10.9 Å². The van der Waals surface area contributed by atoms with Crippen molar-refractivity contribution in [3.8, 4) is 16.9 Å². The third kappa shape index (κ3) is 3.73. The van der Waals surface area contributed by atoms with E-state index in [-0.39, 0.29) is 23.9 Å². The molecule has 4 aromatic rings. The topological polar surface area (TPSA) is 81.3 Å². The van der Waals surface area contributed by atoms with Gasteiger partial charge in [-0.1, -0.05) is 17.7 Å². The molecule has 1 saturated carbocycles. The number of hydrogen-bond acceptors (Lipinski definition) is 5. The zero-order chi connectivity index (χ0) is 22.6. The number of hydrogen-bond donors (Lipinski definition) is 1. The normalized spacial score (nSPS) is 13.6. The Morgan fingerprint density at radius 3 is 2.78 bits per heavy atom. The average molecular weight is 468 g/mol. The molecule has 1 aliphatic rings. The second kappa shape index (κ2) is 7.86. The van der Waals surface area contributed by atoms with Crippen molar-refractivity contribution < 1.29 is 4.79 Å².